The Balaban J connectivity index is 1.80. The topological polar surface area (TPSA) is 79.3 Å². The summed E-state index contributed by atoms with van der Waals surface area (Å²) >= 11 is 3.41. The van der Waals surface area contributed by atoms with E-state index in [0.29, 0.717) is 18.1 Å². The molecule has 0 aliphatic rings. The molecule has 1 heterocycles. The Hall–Kier alpha value is -3.13. The van der Waals surface area contributed by atoms with Crippen molar-refractivity contribution in [3.8, 4) is 5.69 Å². The second-order valence-electron chi connectivity index (χ2n) is 9.33. The second-order valence-corrected chi connectivity index (χ2v) is 10.2. The average molecular weight is 526 g/mol. The molecule has 8 heteroatoms. The number of carbonyl (C=O) groups is 2. The van der Waals surface area contributed by atoms with E-state index in [-0.39, 0.29) is 23.9 Å². The normalized spacial score (nSPS) is 11.2. The van der Waals surface area contributed by atoms with Crippen LogP contribution in [-0.2, 0) is 10.2 Å². The fourth-order valence-corrected chi connectivity index (χ4v) is 3.84. The van der Waals surface area contributed by atoms with E-state index in [1.54, 1.807) is 10.7 Å². The van der Waals surface area contributed by atoms with Crippen molar-refractivity contribution in [3.63, 3.8) is 0 Å². The molecule has 3 rings (SSSR count). The Morgan fingerprint density at radius 3 is 2.44 bits per heavy atom. The zero-order chi connectivity index (χ0) is 24.9. The number of hydrogen-bond acceptors (Lipinski definition) is 3. The Bertz CT molecular complexity index is 1170. The van der Waals surface area contributed by atoms with Gasteiger partial charge in [-0.1, -0.05) is 61.8 Å². The number of anilines is 2. The lowest BCUT2D eigenvalue weighted by Crippen LogP contribution is -2.41. The van der Waals surface area contributed by atoms with Gasteiger partial charge >= 0.3 is 6.03 Å². The lowest BCUT2D eigenvalue weighted by molar-refractivity contribution is -0.116. The molecule has 0 unspecified atom stereocenters. The summed E-state index contributed by atoms with van der Waals surface area (Å²) in [5.41, 5.74) is 3.30. The lowest BCUT2D eigenvalue weighted by atomic mass is 9.92. The minimum atomic E-state index is -0.322. The molecule has 3 amide bonds. The number of urea groups is 1. The van der Waals surface area contributed by atoms with Gasteiger partial charge in [0.15, 0.2) is 0 Å². The summed E-state index contributed by atoms with van der Waals surface area (Å²) in [6, 6.07) is 16.9. The van der Waals surface area contributed by atoms with E-state index in [2.05, 4.69) is 47.3 Å². The van der Waals surface area contributed by atoms with Crippen LogP contribution in [0.25, 0.3) is 5.69 Å². The molecule has 0 bridgehead atoms. The predicted molar refractivity (Wildman–Crippen MR) is 141 cm³/mol. The van der Waals surface area contributed by atoms with Gasteiger partial charge in [-0.15, -0.1) is 0 Å². The maximum Gasteiger partial charge on any atom is 0.322 e. The van der Waals surface area contributed by atoms with Crippen molar-refractivity contribution < 1.29 is 9.59 Å². The molecule has 0 saturated carbocycles. The number of aromatic nitrogens is 2. The van der Waals surface area contributed by atoms with Gasteiger partial charge in [-0.25, -0.2) is 9.48 Å². The molecular formula is C26H32BrN5O2. The van der Waals surface area contributed by atoms with E-state index in [1.807, 2.05) is 62.4 Å². The van der Waals surface area contributed by atoms with Crippen LogP contribution in [-0.4, -0.2) is 39.7 Å². The molecular weight excluding hydrogens is 494 g/mol. The van der Waals surface area contributed by atoms with Gasteiger partial charge in [0.1, 0.15) is 12.4 Å². The smallest absolute Gasteiger partial charge is 0.315 e. The van der Waals surface area contributed by atoms with Crippen LogP contribution in [0.5, 0.6) is 0 Å². The van der Waals surface area contributed by atoms with Gasteiger partial charge < -0.3 is 15.5 Å². The maximum atomic E-state index is 13.0. The maximum absolute atomic E-state index is 13.0. The molecule has 0 spiro atoms. The number of amides is 3. The van der Waals surface area contributed by atoms with Gasteiger partial charge in [-0.3, -0.25) is 4.79 Å². The van der Waals surface area contributed by atoms with Gasteiger partial charge in [0.05, 0.1) is 11.4 Å². The number of hydrogen-bond donors (Lipinski definition) is 2. The molecule has 3 aromatic rings. The highest BCUT2D eigenvalue weighted by Crippen LogP contribution is 2.26. The first-order valence-electron chi connectivity index (χ1n) is 11.4. The number of nitrogens with one attached hydrogen (secondary N) is 2. The van der Waals surface area contributed by atoms with Crippen LogP contribution in [0.3, 0.4) is 0 Å². The summed E-state index contributed by atoms with van der Waals surface area (Å²) in [6.45, 7) is 10.6. The van der Waals surface area contributed by atoms with E-state index in [0.717, 1.165) is 27.8 Å². The highest BCUT2D eigenvalue weighted by Gasteiger charge is 2.23. The van der Waals surface area contributed by atoms with Crippen LogP contribution in [0.1, 0.15) is 45.4 Å². The summed E-state index contributed by atoms with van der Waals surface area (Å²) in [7, 11) is 0. The molecule has 0 saturated heterocycles. The zero-order valence-corrected chi connectivity index (χ0v) is 21.9. The SMILES string of the molecule is CCCN(CC(=O)Nc1cc(C(C)(C)C)nn1-c1cccc(C)c1)C(=O)Nc1cccc(Br)c1. The van der Waals surface area contributed by atoms with E-state index in [4.69, 9.17) is 5.10 Å². The quantitative estimate of drug-likeness (QED) is 0.389. The van der Waals surface area contributed by atoms with Crippen LogP contribution in [0.2, 0.25) is 0 Å². The van der Waals surface area contributed by atoms with Crippen molar-refractivity contribution in [1.82, 2.24) is 14.7 Å². The minimum absolute atomic E-state index is 0.0719. The molecule has 34 heavy (non-hydrogen) atoms. The molecule has 180 valence electrons. The van der Waals surface area contributed by atoms with Crippen LogP contribution >= 0.6 is 15.9 Å². The average Bonchev–Trinajstić information content (AvgIpc) is 3.17. The van der Waals surface area contributed by atoms with Crippen molar-refractivity contribution in [2.45, 2.75) is 46.5 Å². The number of rotatable bonds is 7. The Morgan fingerprint density at radius 2 is 1.79 bits per heavy atom. The van der Waals surface area contributed by atoms with E-state index < -0.39 is 0 Å². The summed E-state index contributed by atoms with van der Waals surface area (Å²) in [4.78, 5) is 27.4. The highest BCUT2D eigenvalue weighted by molar-refractivity contribution is 9.10. The third kappa shape index (κ3) is 6.70. The first-order valence-corrected chi connectivity index (χ1v) is 12.1. The number of benzene rings is 2. The zero-order valence-electron chi connectivity index (χ0n) is 20.4. The van der Waals surface area contributed by atoms with Gasteiger partial charge in [0, 0.05) is 28.2 Å². The third-order valence-corrected chi connectivity index (χ3v) is 5.68. The lowest BCUT2D eigenvalue weighted by Gasteiger charge is -2.22. The van der Waals surface area contributed by atoms with E-state index in [9.17, 15) is 9.59 Å². The molecule has 2 N–H and O–H groups in total. The first-order chi connectivity index (χ1) is 16.1. The number of aryl methyl sites for hydroxylation is 1. The molecule has 0 radical (unpaired) electrons. The number of halogens is 1. The molecule has 0 fully saturated rings. The summed E-state index contributed by atoms with van der Waals surface area (Å²) in [5, 5.41) is 10.6. The number of nitrogens with zero attached hydrogens (tertiary/aromatic N) is 3. The molecule has 0 aliphatic carbocycles. The Morgan fingerprint density at radius 1 is 1.06 bits per heavy atom. The van der Waals surface area contributed by atoms with Crippen LogP contribution in [0.15, 0.2) is 59.1 Å². The van der Waals surface area contributed by atoms with Gasteiger partial charge in [0.25, 0.3) is 0 Å². The molecule has 0 atom stereocenters. The summed E-state index contributed by atoms with van der Waals surface area (Å²) < 4.78 is 2.61. The molecule has 1 aromatic heterocycles. The van der Waals surface area contributed by atoms with Gasteiger partial charge in [-0.2, -0.15) is 5.10 Å². The third-order valence-electron chi connectivity index (χ3n) is 5.18. The monoisotopic (exact) mass is 525 g/mol. The summed E-state index contributed by atoms with van der Waals surface area (Å²) in [5.74, 6) is 0.288. The van der Waals surface area contributed by atoms with Crippen molar-refractivity contribution in [3.05, 3.63) is 70.3 Å². The fourth-order valence-electron chi connectivity index (χ4n) is 3.44. The largest absolute Gasteiger partial charge is 0.322 e. The van der Waals surface area contributed by atoms with E-state index >= 15 is 0 Å². The van der Waals surface area contributed by atoms with Crippen LogP contribution < -0.4 is 10.6 Å². The standard InChI is InChI=1S/C26H32BrN5O2/c1-6-13-31(25(34)28-20-11-8-10-19(27)15-20)17-24(33)29-23-16-22(26(3,4)5)30-32(23)21-12-7-9-18(2)14-21/h7-12,14-16H,6,13,17H2,1-5H3,(H,28,34)(H,29,33). The summed E-state index contributed by atoms with van der Waals surface area (Å²) in [6.07, 6.45) is 0.731. The molecule has 0 aliphatic heterocycles. The van der Waals surface area contributed by atoms with Crippen molar-refractivity contribution >= 4 is 39.4 Å². The first kappa shape index (κ1) is 25.5. The van der Waals surface area contributed by atoms with Crippen LogP contribution in [0, 0.1) is 6.92 Å². The number of carbonyl (C=O) groups excluding carboxylic acids is 2. The van der Waals surface area contributed by atoms with Crippen molar-refractivity contribution in [2.24, 2.45) is 0 Å². The highest BCUT2D eigenvalue weighted by atomic mass is 79.9. The van der Waals surface area contributed by atoms with Crippen LogP contribution in [0.4, 0.5) is 16.3 Å². The molecule has 7 nitrogen and oxygen atoms in total. The predicted octanol–water partition coefficient (Wildman–Crippen LogP) is 6.12. The molecule has 2 aromatic carbocycles. The van der Waals surface area contributed by atoms with Gasteiger partial charge in [0.2, 0.25) is 5.91 Å². The fraction of sp³-hybridized carbons (Fsp3) is 0.346. The van der Waals surface area contributed by atoms with Gasteiger partial charge in [-0.05, 0) is 49.2 Å². The Labute approximate surface area is 209 Å². The van der Waals surface area contributed by atoms with Crippen molar-refractivity contribution in [1.29, 1.82) is 0 Å². The minimum Gasteiger partial charge on any atom is -0.315 e. The Kier molecular flexibility index (Phi) is 8.15. The van der Waals surface area contributed by atoms with Crippen molar-refractivity contribution in [2.75, 3.05) is 23.7 Å². The van der Waals surface area contributed by atoms with E-state index in [1.165, 1.54) is 4.90 Å². The second kappa shape index (κ2) is 10.9.